The molecule has 1 aliphatic carbocycles. The molecule has 4 nitrogen and oxygen atoms in total. The molecular weight excluding hydrogens is 295 g/mol. The fourth-order valence-corrected chi connectivity index (χ4v) is 2.93. The van der Waals surface area contributed by atoms with E-state index in [0.717, 1.165) is 41.9 Å². The molecule has 0 amide bonds. The molecule has 1 aromatic rings. The first-order valence-corrected chi connectivity index (χ1v) is 7.89. The molecule has 0 bridgehead atoms. The van der Waals surface area contributed by atoms with Gasteiger partial charge in [0, 0.05) is 17.3 Å². The molecule has 0 aromatic heterocycles. The van der Waals surface area contributed by atoms with E-state index in [1.807, 2.05) is 36.4 Å². The average Bonchev–Trinajstić information content (AvgIpc) is 2.60. The number of rotatable bonds is 5. The Morgan fingerprint density at radius 1 is 1.35 bits per heavy atom. The Labute approximate surface area is 135 Å². The first-order valence-electron chi connectivity index (χ1n) is 7.89. The quantitative estimate of drug-likeness (QED) is 0.821. The lowest BCUT2D eigenvalue weighted by Gasteiger charge is -2.28. The molecule has 0 saturated carbocycles. The normalized spacial score (nSPS) is 21.7. The smallest absolute Gasteiger partial charge is 0.150 e. The number of aliphatic hydroxyl groups is 1. The predicted octanol–water partition coefficient (Wildman–Crippen LogP) is 2.99. The van der Waals surface area contributed by atoms with Crippen LogP contribution in [0.5, 0.6) is 0 Å². The van der Waals surface area contributed by atoms with Crippen LogP contribution in [0.4, 0.5) is 10.1 Å². The molecule has 2 atom stereocenters. The number of fused-ring (bicyclic) bond motifs is 1. The topological polar surface area (TPSA) is 67.8 Å². The molecule has 23 heavy (non-hydrogen) atoms. The molecule has 1 aromatic carbocycles. The van der Waals surface area contributed by atoms with Crippen molar-refractivity contribution in [1.82, 2.24) is 0 Å². The number of allylic oxidation sites excluding steroid dienone is 3. The van der Waals surface area contributed by atoms with Crippen molar-refractivity contribution in [2.24, 2.45) is 10.9 Å². The fraction of sp³-hybridized carbons (Fsp3) is 0.389. The zero-order chi connectivity index (χ0) is 16.2. The minimum Gasteiger partial charge on any atom is -0.483 e. The van der Waals surface area contributed by atoms with Crippen LogP contribution in [0.25, 0.3) is 0 Å². The molecule has 5 heteroatoms. The van der Waals surface area contributed by atoms with Gasteiger partial charge in [-0.15, -0.1) is 0 Å². The van der Waals surface area contributed by atoms with E-state index in [1.165, 1.54) is 0 Å². The summed E-state index contributed by atoms with van der Waals surface area (Å²) in [6, 6.07) is 7.65. The third-order valence-electron chi connectivity index (χ3n) is 4.23. The van der Waals surface area contributed by atoms with Crippen molar-refractivity contribution in [2.45, 2.75) is 25.4 Å². The molecule has 122 valence electrons. The van der Waals surface area contributed by atoms with Crippen LogP contribution >= 0.6 is 0 Å². The van der Waals surface area contributed by atoms with Gasteiger partial charge in [-0.25, -0.2) is 4.39 Å². The van der Waals surface area contributed by atoms with Crippen molar-refractivity contribution in [3.8, 4) is 0 Å². The van der Waals surface area contributed by atoms with Crippen molar-refractivity contribution >= 4 is 11.4 Å². The summed E-state index contributed by atoms with van der Waals surface area (Å²) >= 11 is 0. The Kier molecular flexibility index (Phi) is 4.76. The predicted molar refractivity (Wildman–Crippen MR) is 88.8 cm³/mol. The largest absolute Gasteiger partial charge is 0.483 e. The summed E-state index contributed by atoms with van der Waals surface area (Å²) in [5.41, 5.74) is 9.35. The number of nitrogen functional groups attached to an aromatic ring is 1. The molecule has 3 rings (SSSR count). The van der Waals surface area contributed by atoms with Crippen molar-refractivity contribution in [1.29, 1.82) is 0 Å². The van der Waals surface area contributed by atoms with Crippen LogP contribution in [-0.4, -0.2) is 30.2 Å². The number of aliphatic hydroxyl groups excluding tert-OH is 1. The second-order valence-corrected chi connectivity index (χ2v) is 5.88. The lowest BCUT2D eigenvalue weighted by atomic mass is 9.86. The monoisotopic (exact) mass is 316 g/mol. The highest BCUT2D eigenvalue weighted by Crippen LogP contribution is 2.35. The average molecular weight is 316 g/mol. The summed E-state index contributed by atoms with van der Waals surface area (Å²) in [5, 5.41) is 9.15. The maximum Gasteiger partial charge on any atom is 0.150 e. The van der Waals surface area contributed by atoms with E-state index < -0.39 is 12.8 Å². The van der Waals surface area contributed by atoms with Crippen LogP contribution < -0.4 is 5.73 Å². The second kappa shape index (κ2) is 6.96. The van der Waals surface area contributed by atoms with Crippen molar-refractivity contribution in [3.63, 3.8) is 0 Å². The molecule has 1 unspecified atom stereocenters. The van der Waals surface area contributed by atoms with Crippen LogP contribution in [0.1, 0.15) is 24.8 Å². The Morgan fingerprint density at radius 3 is 2.83 bits per heavy atom. The molecule has 2 aliphatic rings. The lowest BCUT2D eigenvalue weighted by Crippen LogP contribution is -2.23. The number of hydrogen-bond donors (Lipinski definition) is 2. The third-order valence-corrected chi connectivity index (χ3v) is 4.23. The molecular formula is C18H21FN2O2. The first-order chi connectivity index (χ1) is 11.2. The Morgan fingerprint density at radius 2 is 2.13 bits per heavy atom. The van der Waals surface area contributed by atoms with Gasteiger partial charge in [0.15, 0.2) is 0 Å². The zero-order valence-corrected chi connectivity index (χ0v) is 12.9. The summed E-state index contributed by atoms with van der Waals surface area (Å²) in [4.78, 5) is 4.78. The number of hydrogen-bond acceptors (Lipinski definition) is 4. The van der Waals surface area contributed by atoms with Crippen molar-refractivity contribution in [2.75, 3.05) is 19.0 Å². The Hall–Kier alpha value is -2.14. The van der Waals surface area contributed by atoms with Gasteiger partial charge in [0.2, 0.25) is 0 Å². The summed E-state index contributed by atoms with van der Waals surface area (Å²) < 4.78 is 18.4. The molecule has 1 heterocycles. The Balaban J connectivity index is 1.93. The number of ether oxygens (including phenoxy) is 1. The number of aliphatic imine (C=N–C) groups is 1. The molecule has 0 radical (unpaired) electrons. The van der Waals surface area contributed by atoms with Gasteiger partial charge in [0.1, 0.15) is 18.5 Å². The number of halogens is 1. The van der Waals surface area contributed by atoms with Gasteiger partial charge in [-0.2, -0.15) is 0 Å². The Bertz CT molecular complexity index is 645. The lowest BCUT2D eigenvalue weighted by molar-refractivity contribution is 0.0434. The van der Waals surface area contributed by atoms with Gasteiger partial charge in [-0.05, 0) is 43.0 Å². The zero-order valence-electron chi connectivity index (χ0n) is 12.9. The van der Waals surface area contributed by atoms with Gasteiger partial charge in [0.05, 0.1) is 12.3 Å². The van der Waals surface area contributed by atoms with Gasteiger partial charge in [0.25, 0.3) is 0 Å². The third kappa shape index (κ3) is 3.45. The highest BCUT2D eigenvalue weighted by molar-refractivity contribution is 6.02. The van der Waals surface area contributed by atoms with Gasteiger partial charge >= 0.3 is 0 Å². The standard InChI is InChI=1S/C18H21FN2O2/c19-10-15(11-22)23-17-3-1-2-13-6-9-16(21-18(13)17)12-4-7-14(20)8-5-12/h1,3-5,7-8,13,15,22H,2,6,9-11,20H2/t13-,15?/m0/s1. The van der Waals surface area contributed by atoms with E-state index in [0.29, 0.717) is 11.7 Å². The second-order valence-electron chi connectivity index (χ2n) is 5.88. The summed E-state index contributed by atoms with van der Waals surface area (Å²) in [6.45, 7) is -1.07. The molecule has 1 aliphatic heterocycles. The van der Waals surface area contributed by atoms with Crippen molar-refractivity contribution < 1.29 is 14.2 Å². The number of nitrogens with zero attached hydrogens (tertiary/aromatic N) is 1. The van der Waals surface area contributed by atoms with Crippen LogP contribution in [0.15, 0.2) is 52.9 Å². The maximum atomic E-state index is 12.8. The van der Waals surface area contributed by atoms with Crippen LogP contribution in [-0.2, 0) is 4.74 Å². The SMILES string of the molecule is Nc1ccc(C2=NC3=C(OC(CO)CF)C=CC[C@H]3CC2)cc1. The minimum absolute atomic E-state index is 0.298. The molecule has 3 N–H and O–H groups in total. The van der Waals surface area contributed by atoms with E-state index >= 15 is 0 Å². The summed E-state index contributed by atoms with van der Waals surface area (Å²) in [6.07, 6.45) is 5.82. The van der Waals surface area contributed by atoms with Crippen molar-refractivity contribution in [3.05, 3.63) is 53.4 Å². The summed E-state index contributed by atoms with van der Waals surface area (Å²) in [7, 11) is 0. The van der Waals surface area contributed by atoms with E-state index in [4.69, 9.17) is 20.6 Å². The van der Waals surface area contributed by atoms with Crippen LogP contribution in [0.2, 0.25) is 0 Å². The van der Waals surface area contributed by atoms with E-state index in [2.05, 4.69) is 0 Å². The van der Waals surface area contributed by atoms with E-state index in [1.54, 1.807) is 0 Å². The first kappa shape index (κ1) is 15.7. The highest BCUT2D eigenvalue weighted by Gasteiger charge is 2.27. The molecule has 0 saturated heterocycles. The highest BCUT2D eigenvalue weighted by atomic mass is 19.1. The minimum atomic E-state index is -0.835. The van der Waals surface area contributed by atoms with E-state index in [-0.39, 0.29) is 6.61 Å². The van der Waals surface area contributed by atoms with Crippen LogP contribution in [0, 0.1) is 5.92 Å². The number of alkyl halides is 1. The van der Waals surface area contributed by atoms with Crippen LogP contribution in [0.3, 0.4) is 0 Å². The number of anilines is 1. The van der Waals surface area contributed by atoms with Gasteiger partial charge in [-0.3, -0.25) is 4.99 Å². The van der Waals surface area contributed by atoms with E-state index in [9.17, 15) is 4.39 Å². The summed E-state index contributed by atoms with van der Waals surface area (Å²) in [5.74, 6) is 0.872. The van der Waals surface area contributed by atoms with Gasteiger partial charge < -0.3 is 15.6 Å². The number of nitrogens with two attached hydrogens (primary N) is 1. The maximum absolute atomic E-state index is 12.8. The van der Waals surface area contributed by atoms with Gasteiger partial charge in [-0.1, -0.05) is 18.2 Å². The molecule has 0 spiro atoms. The fourth-order valence-electron chi connectivity index (χ4n) is 2.93. The molecule has 0 fully saturated rings. The number of benzene rings is 1.